The zero-order valence-corrected chi connectivity index (χ0v) is 12.7. The van der Waals surface area contributed by atoms with Gasteiger partial charge in [-0.15, -0.1) is 11.8 Å². The van der Waals surface area contributed by atoms with E-state index < -0.39 is 0 Å². The van der Waals surface area contributed by atoms with Gasteiger partial charge in [-0.05, 0) is 36.4 Å². The van der Waals surface area contributed by atoms with Gasteiger partial charge in [0.05, 0.1) is 6.04 Å². The number of rotatable bonds is 4. The molecule has 0 fully saturated rings. The first kappa shape index (κ1) is 14.4. The van der Waals surface area contributed by atoms with Crippen molar-refractivity contribution in [2.45, 2.75) is 24.0 Å². The Balaban J connectivity index is 1.85. The lowest BCUT2D eigenvalue weighted by atomic mass is 10.0. The molecule has 2 unspecified atom stereocenters. The number of fused-ring (bicyclic) bond motifs is 1. The van der Waals surface area contributed by atoms with E-state index in [1.807, 2.05) is 24.3 Å². The SMILES string of the molecule is CCNC(c1cccc(F)c1)C1CSc2ccccc2O1. The van der Waals surface area contributed by atoms with E-state index >= 15 is 0 Å². The molecule has 1 heterocycles. The van der Waals surface area contributed by atoms with Crippen LogP contribution in [0.5, 0.6) is 5.75 Å². The van der Waals surface area contributed by atoms with Crippen LogP contribution in [0.3, 0.4) is 0 Å². The van der Waals surface area contributed by atoms with E-state index in [0.29, 0.717) is 0 Å². The summed E-state index contributed by atoms with van der Waals surface area (Å²) in [5.74, 6) is 1.56. The predicted molar refractivity (Wildman–Crippen MR) is 84.4 cm³/mol. The number of benzene rings is 2. The molecule has 0 saturated heterocycles. The Morgan fingerprint density at radius 3 is 2.95 bits per heavy atom. The van der Waals surface area contributed by atoms with Crippen molar-refractivity contribution in [3.8, 4) is 5.75 Å². The van der Waals surface area contributed by atoms with E-state index in [2.05, 4.69) is 18.3 Å². The lowest BCUT2D eigenvalue weighted by molar-refractivity contribution is 0.167. The van der Waals surface area contributed by atoms with Gasteiger partial charge in [-0.2, -0.15) is 0 Å². The molecule has 110 valence electrons. The molecular weight excluding hydrogens is 285 g/mol. The quantitative estimate of drug-likeness (QED) is 0.921. The molecule has 4 heteroatoms. The topological polar surface area (TPSA) is 21.3 Å². The molecule has 2 aromatic rings. The maximum Gasteiger partial charge on any atom is 0.133 e. The molecule has 1 N–H and O–H groups in total. The van der Waals surface area contributed by atoms with Gasteiger partial charge >= 0.3 is 0 Å². The van der Waals surface area contributed by atoms with Crippen LogP contribution in [0.25, 0.3) is 0 Å². The molecule has 0 aliphatic carbocycles. The van der Waals surface area contributed by atoms with E-state index in [0.717, 1.165) is 23.6 Å². The summed E-state index contributed by atoms with van der Waals surface area (Å²) in [7, 11) is 0. The molecule has 0 radical (unpaired) electrons. The Morgan fingerprint density at radius 1 is 1.29 bits per heavy atom. The minimum absolute atomic E-state index is 0.00773. The van der Waals surface area contributed by atoms with Crippen molar-refractivity contribution in [1.82, 2.24) is 5.32 Å². The fourth-order valence-corrected chi connectivity index (χ4v) is 3.62. The van der Waals surface area contributed by atoms with Crippen LogP contribution < -0.4 is 10.1 Å². The van der Waals surface area contributed by atoms with E-state index in [1.54, 1.807) is 23.9 Å². The van der Waals surface area contributed by atoms with Crippen molar-refractivity contribution in [2.75, 3.05) is 12.3 Å². The predicted octanol–water partition coefficient (Wildman–Crippen LogP) is 4.03. The first-order valence-electron chi connectivity index (χ1n) is 7.15. The zero-order chi connectivity index (χ0) is 14.7. The normalized spacial score (nSPS) is 18.7. The fraction of sp³-hybridized carbons (Fsp3) is 0.294. The number of para-hydroxylation sites is 1. The first-order valence-corrected chi connectivity index (χ1v) is 8.14. The lowest BCUT2D eigenvalue weighted by Crippen LogP contribution is -2.39. The van der Waals surface area contributed by atoms with E-state index in [-0.39, 0.29) is 18.0 Å². The maximum absolute atomic E-state index is 13.5. The summed E-state index contributed by atoms with van der Waals surface area (Å²) in [6.45, 7) is 2.86. The summed E-state index contributed by atoms with van der Waals surface area (Å²) < 4.78 is 19.6. The van der Waals surface area contributed by atoms with Crippen LogP contribution in [0.2, 0.25) is 0 Å². The molecule has 1 aliphatic heterocycles. The van der Waals surface area contributed by atoms with Crippen molar-refractivity contribution in [1.29, 1.82) is 0 Å². The Labute approximate surface area is 128 Å². The standard InChI is InChI=1S/C17H18FNOS/c1-2-19-17(12-6-5-7-13(18)10-12)15-11-21-16-9-4-3-8-14(16)20-15/h3-10,15,17,19H,2,11H2,1H3. The van der Waals surface area contributed by atoms with E-state index in [9.17, 15) is 4.39 Å². The number of ether oxygens (including phenoxy) is 1. The highest BCUT2D eigenvalue weighted by Crippen LogP contribution is 2.38. The maximum atomic E-state index is 13.5. The molecular formula is C17H18FNOS. The number of nitrogens with one attached hydrogen (secondary N) is 1. The van der Waals surface area contributed by atoms with Gasteiger partial charge in [0, 0.05) is 10.6 Å². The molecule has 2 atom stereocenters. The van der Waals surface area contributed by atoms with Crippen LogP contribution in [-0.2, 0) is 0 Å². The van der Waals surface area contributed by atoms with Crippen LogP contribution in [0, 0.1) is 5.82 Å². The molecule has 3 rings (SSSR count). The van der Waals surface area contributed by atoms with Gasteiger partial charge in [-0.3, -0.25) is 0 Å². The summed E-state index contributed by atoms with van der Waals surface area (Å²) in [4.78, 5) is 1.17. The van der Waals surface area contributed by atoms with Gasteiger partial charge in [0.15, 0.2) is 0 Å². The fourth-order valence-electron chi connectivity index (χ4n) is 2.58. The van der Waals surface area contributed by atoms with Crippen molar-refractivity contribution in [3.63, 3.8) is 0 Å². The molecule has 0 bridgehead atoms. The average molecular weight is 303 g/mol. The van der Waals surface area contributed by atoms with Gasteiger partial charge in [0.2, 0.25) is 0 Å². The molecule has 0 saturated carbocycles. The summed E-state index contributed by atoms with van der Waals surface area (Å²) in [6, 6.07) is 14.8. The van der Waals surface area contributed by atoms with Gasteiger partial charge in [-0.25, -0.2) is 4.39 Å². The molecule has 1 aliphatic rings. The van der Waals surface area contributed by atoms with Gasteiger partial charge in [0.25, 0.3) is 0 Å². The Morgan fingerprint density at radius 2 is 2.14 bits per heavy atom. The van der Waals surface area contributed by atoms with E-state index in [1.165, 1.54) is 11.0 Å². The summed E-state index contributed by atoms with van der Waals surface area (Å²) in [5, 5.41) is 3.42. The Bertz CT molecular complexity index is 619. The molecule has 0 spiro atoms. The van der Waals surface area contributed by atoms with Crippen LogP contribution in [0.15, 0.2) is 53.4 Å². The van der Waals surface area contributed by atoms with Crippen molar-refractivity contribution >= 4 is 11.8 Å². The second-order valence-electron chi connectivity index (χ2n) is 5.00. The first-order chi connectivity index (χ1) is 10.3. The monoisotopic (exact) mass is 303 g/mol. The van der Waals surface area contributed by atoms with Crippen molar-refractivity contribution in [2.24, 2.45) is 0 Å². The van der Waals surface area contributed by atoms with Crippen LogP contribution >= 0.6 is 11.8 Å². The number of thioether (sulfide) groups is 1. The summed E-state index contributed by atoms with van der Waals surface area (Å²) in [5.41, 5.74) is 0.932. The number of hydrogen-bond acceptors (Lipinski definition) is 3. The van der Waals surface area contributed by atoms with E-state index in [4.69, 9.17) is 4.74 Å². The number of halogens is 1. The molecule has 0 amide bonds. The summed E-state index contributed by atoms with van der Waals surface area (Å²) >= 11 is 1.79. The second kappa shape index (κ2) is 6.50. The highest BCUT2D eigenvalue weighted by Gasteiger charge is 2.29. The lowest BCUT2D eigenvalue weighted by Gasteiger charge is -2.32. The Hall–Kier alpha value is -1.52. The highest BCUT2D eigenvalue weighted by molar-refractivity contribution is 7.99. The zero-order valence-electron chi connectivity index (χ0n) is 11.9. The smallest absolute Gasteiger partial charge is 0.133 e. The third-order valence-electron chi connectivity index (χ3n) is 3.53. The second-order valence-corrected chi connectivity index (χ2v) is 6.07. The highest BCUT2D eigenvalue weighted by atomic mass is 32.2. The van der Waals surface area contributed by atoms with Crippen molar-refractivity contribution < 1.29 is 9.13 Å². The molecule has 2 aromatic carbocycles. The summed E-state index contributed by atoms with van der Waals surface area (Å²) in [6.07, 6.45) is -0.00773. The van der Waals surface area contributed by atoms with Gasteiger partial charge < -0.3 is 10.1 Å². The molecule has 21 heavy (non-hydrogen) atoms. The van der Waals surface area contributed by atoms with Crippen molar-refractivity contribution in [3.05, 3.63) is 59.9 Å². The largest absolute Gasteiger partial charge is 0.486 e. The minimum Gasteiger partial charge on any atom is -0.486 e. The number of hydrogen-bond donors (Lipinski definition) is 1. The Kier molecular flexibility index (Phi) is 4.46. The van der Waals surface area contributed by atoms with Gasteiger partial charge in [0.1, 0.15) is 17.7 Å². The third kappa shape index (κ3) is 3.22. The minimum atomic E-state index is -0.209. The third-order valence-corrected chi connectivity index (χ3v) is 4.68. The van der Waals surface area contributed by atoms with Crippen LogP contribution in [-0.4, -0.2) is 18.4 Å². The van der Waals surface area contributed by atoms with Crippen LogP contribution in [0.1, 0.15) is 18.5 Å². The van der Waals surface area contributed by atoms with Crippen LogP contribution in [0.4, 0.5) is 4.39 Å². The number of likely N-dealkylation sites (N-methyl/N-ethyl adjacent to an activating group) is 1. The average Bonchev–Trinajstić information content (AvgIpc) is 2.52. The van der Waals surface area contributed by atoms with Gasteiger partial charge in [-0.1, -0.05) is 31.2 Å². The molecule has 0 aromatic heterocycles. The molecule has 2 nitrogen and oxygen atoms in total.